The van der Waals surface area contributed by atoms with Gasteiger partial charge in [0.25, 0.3) is 6.71 Å². The first-order valence-electron chi connectivity index (χ1n) is 25.0. The van der Waals surface area contributed by atoms with Crippen molar-refractivity contribution in [2.45, 2.75) is 163 Å². The van der Waals surface area contributed by atoms with Gasteiger partial charge < -0.3 is 14.2 Å². The lowest BCUT2D eigenvalue weighted by atomic mass is 9.35. The molecule has 0 radical (unpaired) electrons. The van der Waals surface area contributed by atoms with Gasteiger partial charge in [-0.05, 0) is 157 Å². The second kappa shape index (κ2) is 13.2. The molecule has 0 saturated heterocycles. The van der Waals surface area contributed by atoms with Crippen LogP contribution in [0, 0.1) is 6.92 Å². The van der Waals surface area contributed by atoms with Crippen molar-refractivity contribution in [3.05, 3.63) is 124 Å². The number of hydrogen-bond acceptors (Lipinski definition) is 3. The van der Waals surface area contributed by atoms with Gasteiger partial charge in [-0.1, -0.05) is 141 Å². The molecular weight excluding hydrogens is 739 g/mol. The minimum Gasteiger partial charge on any atom is -0.468 e. The summed E-state index contributed by atoms with van der Waals surface area (Å²) in [6.07, 6.45) is 2.09. The largest absolute Gasteiger partial charge is 0.468 e. The number of benzene rings is 5. The highest BCUT2D eigenvalue weighted by atomic mass is 16.3. The van der Waals surface area contributed by atoms with Crippen LogP contribution in [0.2, 0.25) is 0 Å². The van der Waals surface area contributed by atoms with Gasteiger partial charge in [-0.3, -0.25) is 0 Å². The van der Waals surface area contributed by atoms with Gasteiger partial charge in [0.05, 0.1) is 18.2 Å². The Morgan fingerprint density at radius 2 is 1.13 bits per heavy atom. The summed E-state index contributed by atoms with van der Waals surface area (Å²) >= 11 is 0. The Bertz CT molecular complexity index is 3030. The molecule has 61 heavy (non-hydrogen) atoms. The average molecular weight is 814 g/mol. The molecule has 0 unspecified atom stereocenters. The molecular formula is C57H69BN2O. The van der Waals surface area contributed by atoms with Gasteiger partial charge in [-0.15, -0.1) is 0 Å². The Labute approximate surface area is 375 Å². The molecule has 9 rings (SSSR count). The summed E-state index contributed by atoms with van der Waals surface area (Å²) < 4.78 is 56.4. The first-order valence-corrected chi connectivity index (χ1v) is 22.5. The van der Waals surface area contributed by atoms with E-state index in [1.54, 1.807) is 0 Å². The normalized spacial score (nSPS) is 18.1. The minimum atomic E-state index is -0.629. The lowest BCUT2D eigenvalue weighted by Gasteiger charge is -2.44. The van der Waals surface area contributed by atoms with Crippen molar-refractivity contribution in [3.8, 4) is 0 Å². The third-order valence-corrected chi connectivity index (χ3v) is 14.0. The maximum atomic E-state index is 10.1. The minimum absolute atomic E-state index is 0.0361. The molecule has 4 heteroatoms. The first kappa shape index (κ1) is 35.9. The van der Waals surface area contributed by atoms with Crippen LogP contribution >= 0.6 is 0 Å². The molecule has 3 nitrogen and oxygen atoms in total. The van der Waals surface area contributed by atoms with Crippen molar-refractivity contribution in [1.82, 2.24) is 0 Å². The molecule has 3 heterocycles. The van der Waals surface area contributed by atoms with Crippen molar-refractivity contribution >= 4 is 68.4 Å². The van der Waals surface area contributed by atoms with Gasteiger partial charge in [-0.2, -0.15) is 0 Å². The fraction of sp³-hybridized carbons (Fsp3) is 0.439. The molecule has 6 aromatic rings. The molecule has 0 amide bonds. The molecule has 0 N–H and O–H groups in total. The number of rotatable bonds is 2. The van der Waals surface area contributed by atoms with E-state index in [4.69, 9.17) is 4.42 Å². The second-order valence-corrected chi connectivity index (χ2v) is 24.0. The predicted octanol–water partition coefficient (Wildman–Crippen LogP) is 14.4. The third kappa shape index (κ3) is 6.69. The zero-order valence-corrected chi connectivity index (χ0v) is 40.0. The van der Waals surface area contributed by atoms with Crippen LogP contribution in [0.1, 0.15) is 169 Å². The lowest BCUT2D eigenvalue weighted by Crippen LogP contribution is -2.61. The van der Waals surface area contributed by atoms with E-state index in [9.17, 15) is 6.85 Å². The zero-order chi connectivity index (χ0) is 48.5. The third-order valence-electron chi connectivity index (χ3n) is 14.0. The smallest absolute Gasteiger partial charge is 0.297 e. The van der Waals surface area contributed by atoms with Crippen LogP contribution in [0.4, 0.5) is 34.1 Å². The number of fused-ring (bicyclic) bond motifs is 7. The summed E-state index contributed by atoms with van der Waals surface area (Å²) in [5.74, 6) is 0. The van der Waals surface area contributed by atoms with Gasteiger partial charge >= 0.3 is 0 Å². The highest BCUT2D eigenvalue weighted by molar-refractivity contribution is 7.00. The molecule has 316 valence electrons. The van der Waals surface area contributed by atoms with E-state index in [0.29, 0.717) is 17.3 Å². The number of hydrogen-bond donors (Lipinski definition) is 0. The number of nitrogens with zero attached hydrogens (tertiary/aromatic N) is 2. The standard InChI is InChI=1S/C57H69BN2O/c1-34-26-46-49-47(27-34)60(39-21-18-35(19-22-39)52(2,3)4)50-41-32-42-43(57(16,17)25-24-56(42,14)15)33-48(41)61-51(50)58(49)44-23-20-36(53(5,6)7)31-45(44)59(46)40-29-37(54(8,9)10)28-38(30-40)55(11,12)13/h18-23,26-33H,24-25H2,1-17H3/i18D,19D,21D,22D,29D. The molecule has 1 aromatic heterocycles. The molecule has 0 fully saturated rings. The van der Waals surface area contributed by atoms with Crippen LogP contribution in [0.3, 0.4) is 0 Å². The summed E-state index contributed by atoms with van der Waals surface area (Å²) in [4.78, 5) is 4.33. The number of furan rings is 1. The van der Waals surface area contributed by atoms with Crippen molar-refractivity contribution < 1.29 is 11.3 Å². The summed E-state index contributed by atoms with van der Waals surface area (Å²) in [6.45, 7) is 36.9. The molecule has 0 atom stereocenters. The fourth-order valence-corrected chi connectivity index (χ4v) is 9.94. The van der Waals surface area contributed by atoms with Crippen molar-refractivity contribution in [1.29, 1.82) is 0 Å². The Hall–Kier alpha value is -4.70. The first-order chi connectivity index (χ1) is 30.3. The predicted molar refractivity (Wildman–Crippen MR) is 265 cm³/mol. The summed E-state index contributed by atoms with van der Waals surface area (Å²) in [7, 11) is 0. The highest BCUT2D eigenvalue weighted by Crippen LogP contribution is 2.52. The van der Waals surface area contributed by atoms with E-state index >= 15 is 0 Å². The van der Waals surface area contributed by atoms with Gasteiger partial charge in [0.15, 0.2) is 0 Å². The monoisotopic (exact) mass is 814 g/mol. The van der Waals surface area contributed by atoms with E-state index in [1.807, 2.05) is 25.7 Å². The molecule has 0 spiro atoms. The summed E-state index contributed by atoms with van der Waals surface area (Å²) in [5.41, 5.74) is 13.6. The Balaban J connectivity index is 1.48. The van der Waals surface area contributed by atoms with Crippen LogP contribution in [-0.4, -0.2) is 6.71 Å². The van der Waals surface area contributed by atoms with E-state index in [2.05, 4.69) is 156 Å². The van der Waals surface area contributed by atoms with E-state index < -0.39 is 12.1 Å². The van der Waals surface area contributed by atoms with Gasteiger partial charge in [-0.25, -0.2) is 0 Å². The van der Waals surface area contributed by atoms with Crippen molar-refractivity contribution in [2.24, 2.45) is 0 Å². The molecule has 0 bridgehead atoms. The maximum Gasteiger partial charge on any atom is 0.297 e. The Morgan fingerprint density at radius 1 is 0.574 bits per heavy atom. The molecule has 2 aliphatic heterocycles. The van der Waals surface area contributed by atoms with Gasteiger partial charge in [0.1, 0.15) is 5.58 Å². The number of anilines is 6. The van der Waals surface area contributed by atoms with Gasteiger partial charge in [0, 0.05) is 33.8 Å². The van der Waals surface area contributed by atoms with E-state index in [1.165, 1.54) is 16.7 Å². The Kier molecular flexibility index (Phi) is 7.74. The van der Waals surface area contributed by atoms with Crippen LogP contribution < -0.4 is 26.4 Å². The summed E-state index contributed by atoms with van der Waals surface area (Å²) in [5, 5.41) is 0.899. The molecule has 3 aliphatic rings. The lowest BCUT2D eigenvalue weighted by molar-refractivity contribution is 0.332. The average Bonchev–Trinajstić information content (AvgIpc) is 3.56. The number of aryl methyl sites for hydroxylation is 1. The van der Waals surface area contributed by atoms with Crippen molar-refractivity contribution in [2.75, 3.05) is 9.80 Å². The highest BCUT2D eigenvalue weighted by Gasteiger charge is 2.48. The topological polar surface area (TPSA) is 19.6 Å². The molecule has 0 saturated carbocycles. The zero-order valence-electron chi connectivity index (χ0n) is 45.0. The molecule has 1 aliphatic carbocycles. The van der Waals surface area contributed by atoms with E-state index in [0.717, 1.165) is 79.9 Å². The summed E-state index contributed by atoms with van der Waals surface area (Å²) in [6, 6.07) is 20.5. The quantitative estimate of drug-likeness (QED) is 0.162. The van der Waals surface area contributed by atoms with E-state index in [-0.39, 0.29) is 56.9 Å². The molecule has 5 aromatic carbocycles. The Morgan fingerprint density at radius 3 is 1.70 bits per heavy atom. The maximum absolute atomic E-state index is 10.1. The van der Waals surface area contributed by atoms with Crippen LogP contribution in [0.15, 0.2) is 89.2 Å². The van der Waals surface area contributed by atoms with Gasteiger partial charge in [0.2, 0.25) is 0 Å². The van der Waals surface area contributed by atoms with Crippen molar-refractivity contribution in [3.63, 3.8) is 0 Å². The second-order valence-electron chi connectivity index (χ2n) is 24.0. The van der Waals surface area contributed by atoms with Crippen LogP contribution in [-0.2, 0) is 32.5 Å². The van der Waals surface area contributed by atoms with Crippen LogP contribution in [0.5, 0.6) is 0 Å². The SMILES string of the molecule is [2H]c1c(N2c3cc(C(C)(C)C)ccc3B3c4oc5cc6c(cc5c4N(c4c([2H])c([2H])c(C(C)(C)C)c([2H])c4[2H])c4cc(C)cc2c43)C(C)(C)CCC6(C)C)cc(C(C)(C)C)cc1C(C)(C)C. The fourth-order valence-electron chi connectivity index (χ4n) is 9.94. The van der Waals surface area contributed by atoms with Crippen LogP contribution in [0.25, 0.3) is 11.0 Å².